The summed E-state index contributed by atoms with van der Waals surface area (Å²) < 4.78 is 16.3. The highest BCUT2D eigenvalue weighted by atomic mass is 79.9. The maximum Gasteiger partial charge on any atom is 0.142 e. The minimum Gasteiger partial charge on any atom is -0.273 e. The molecule has 6 heteroatoms. The van der Waals surface area contributed by atoms with E-state index < -0.39 is 0 Å². The average molecular weight is 327 g/mol. The summed E-state index contributed by atoms with van der Waals surface area (Å²) in [7, 11) is 1.89. The number of nitrogens with zero attached hydrogens (tertiary/aromatic N) is 2. The van der Waals surface area contributed by atoms with Gasteiger partial charge in [0.05, 0.1) is 4.47 Å². The van der Waals surface area contributed by atoms with Crippen LogP contribution in [0.4, 0.5) is 4.39 Å². The van der Waals surface area contributed by atoms with Crippen LogP contribution in [0, 0.1) is 5.82 Å². The number of aryl methyl sites for hydroxylation is 2. The largest absolute Gasteiger partial charge is 0.273 e. The fourth-order valence-corrected chi connectivity index (χ4v) is 2.44. The number of halogens is 2. The molecule has 1 heterocycles. The molecule has 4 nitrogen and oxygen atoms in total. The molecule has 0 fully saturated rings. The summed E-state index contributed by atoms with van der Waals surface area (Å²) in [6.45, 7) is 0. The van der Waals surface area contributed by atoms with E-state index in [0.717, 1.165) is 12.1 Å². The molecule has 1 aromatic heterocycles. The fourth-order valence-electron chi connectivity index (χ4n) is 2.06. The second kappa shape index (κ2) is 6.27. The molecule has 3 N–H and O–H groups in total. The maximum absolute atomic E-state index is 14.0. The van der Waals surface area contributed by atoms with Crippen LogP contribution in [0.1, 0.15) is 23.7 Å². The predicted octanol–water partition coefficient (Wildman–Crippen LogP) is 2.46. The van der Waals surface area contributed by atoms with Gasteiger partial charge in [0, 0.05) is 30.5 Å². The molecule has 2 aromatic rings. The van der Waals surface area contributed by atoms with E-state index in [2.05, 4.69) is 26.5 Å². The number of hydrogen-bond donors (Lipinski definition) is 2. The van der Waals surface area contributed by atoms with Crippen LogP contribution in [0.5, 0.6) is 0 Å². The molecular weight excluding hydrogens is 311 g/mol. The first-order chi connectivity index (χ1) is 9.13. The van der Waals surface area contributed by atoms with Crippen molar-refractivity contribution in [3.8, 4) is 0 Å². The molecule has 19 heavy (non-hydrogen) atoms. The fraction of sp³-hybridized carbons (Fsp3) is 0.308. The number of benzene rings is 1. The first kappa shape index (κ1) is 14.2. The van der Waals surface area contributed by atoms with Gasteiger partial charge >= 0.3 is 0 Å². The van der Waals surface area contributed by atoms with E-state index in [-0.39, 0.29) is 11.9 Å². The summed E-state index contributed by atoms with van der Waals surface area (Å²) in [5.41, 5.74) is 4.34. The minimum absolute atomic E-state index is 0.229. The van der Waals surface area contributed by atoms with Gasteiger partial charge in [0.25, 0.3) is 0 Å². The highest BCUT2D eigenvalue weighted by Gasteiger charge is 2.16. The molecule has 1 unspecified atom stereocenters. The summed E-state index contributed by atoms with van der Waals surface area (Å²) >= 11 is 3.19. The Labute approximate surface area is 119 Å². The summed E-state index contributed by atoms with van der Waals surface area (Å²) in [4.78, 5) is 0. The van der Waals surface area contributed by atoms with E-state index in [1.165, 1.54) is 0 Å². The van der Waals surface area contributed by atoms with Crippen molar-refractivity contribution in [1.29, 1.82) is 0 Å². The van der Waals surface area contributed by atoms with Crippen molar-refractivity contribution in [3.05, 3.63) is 52.0 Å². The van der Waals surface area contributed by atoms with Crippen molar-refractivity contribution in [3.63, 3.8) is 0 Å². The topological polar surface area (TPSA) is 55.9 Å². The van der Waals surface area contributed by atoms with Gasteiger partial charge in [-0.25, -0.2) is 4.39 Å². The van der Waals surface area contributed by atoms with Gasteiger partial charge in [0.15, 0.2) is 0 Å². The van der Waals surface area contributed by atoms with Crippen molar-refractivity contribution in [2.45, 2.75) is 18.9 Å². The molecule has 102 valence electrons. The third-order valence-corrected chi connectivity index (χ3v) is 3.78. The van der Waals surface area contributed by atoms with Crippen molar-refractivity contribution in [2.24, 2.45) is 12.9 Å². The van der Waals surface area contributed by atoms with Crippen LogP contribution in [0.3, 0.4) is 0 Å². The van der Waals surface area contributed by atoms with Gasteiger partial charge < -0.3 is 0 Å². The molecular formula is C13H16BrFN4. The molecule has 0 bridgehead atoms. The predicted molar refractivity (Wildman–Crippen MR) is 75.7 cm³/mol. The van der Waals surface area contributed by atoms with E-state index in [9.17, 15) is 4.39 Å². The molecule has 0 saturated carbocycles. The third-order valence-electron chi connectivity index (χ3n) is 3.17. The van der Waals surface area contributed by atoms with Gasteiger partial charge in [0.2, 0.25) is 0 Å². The highest BCUT2D eigenvalue weighted by molar-refractivity contribution is 9.10. The minimum atomic E-state index is -0.268. The van der Waals surface area contributed by atoms with Crippen LogP contribution < -0.4 is 11.3 Å². The van der Waals surface area contributed by atoms with Crippen LogP contribution in [-0.2, 0) is 13.5 Å². The SMILES string of the molecule is Cn1nccc1CCC(NN)c1cccc(Br)c1F. The van der Waals surface area contributed by atoms with Gasteiger partial charge in [-0.3, -0.25) is 16.0 Å². The number of nitrogens with one attached hydrogen (secondary N) is 1. The van der Waals surface area contributed by atoms with E-state index >= 15 is 0 Å². The van der Waals surface area contributed by atoms with Gasteiger partial charge in [0.1, 0.15) is 5.82 Å². The molecule has 0 saturated heterocycles. The van der Waals surface area contributed by atoms with E-state index in [4.69, 9.17) is 5.84 Å². The number of nitrogens with two attached hydrogens (primary N) is 1. The van der Waals surface area contributed by atoms with Crippen molar-refractivity contribution >= 4 is 15.9 Å². The lowest BCUT2D eigenvalue weighted by Crippen LogP contribution is -2.29. The first-order valence-electron chi connectivity index (χ1n) is 6.00. The maximum atomic E-state index is 14.0. The van der Waals surface area contributed by atoms with Crippen LogP contribution in [0.15, 0.2) is 34.9 Å². The Morgan fingerprint density at radius 3 is 2.89 bits per heavy atom. The number of hydrazine groups is 1. The van der Waals surface area contributed by atoms with E-state index in [1.807, 2.05) is 17.8 Å². The van der Waals surface area contributed by atoms with Gasteiger partial charge in [-0.1, -0.05) is 12.1 Å². The molecule has 1 aromatic carbocycles. The Bertz CT molecular complexity index is 555. The van der Waals surface area contributed by atoms with E-state index in [0.29, 0.717) is 16.5 Å². The lowest BCUT2D eigenvalue weighted by Gasteiger charge is -2.17. The van der Waals surface area contributed by atoms with Crippen LogP contribution in [-0.4, -0.2) is 9.78 Å². The Morgan fingerprint density at radius 2 is 2.26 bits per heavy atom. The zero-order valence-corrected chi connectivity index (χ0v) is 12.2. The molecule has 0 aliphatic heterocycles. The molecule has 0 amide bonds. The standard InChI is InChI=1S/C13H16BrFN4/c1-19-9(7-8-17-19)5-6-12(18-16)10-3-2-4-11(14)13(10)15/h2-4,7-8,12,18H,5-6,16H2,1H3. The highest BCUT2D eigenvalue weighted by Crippen LogP contribution is 2.26. The Hall–Kier alpha value is -1.24. The number of rotatable bonds is 5. The van der Waals surface area contributed by atoms with Crippen LogP contribution in [0.25, 0.3) is 0 Å². The van der Waals surface area contributed by atoms with E-state index in [1.54, 1.807) is 24.4 Å². The Balaban J connectivity index is 2.12. The average Bonchev–Trinajstić information content (AvgIpc) is 2.80. The molecule has 0 radical (unpaired) electrons. The first-order valence-corrected chi connectivity index (χ1v) is 6.79. The quantitative estimate of drug-likeness (QED) is 0.655. The lowest BCUT2D eigenvalue weighted by atomic mass is 10.0. The van der Waals surface area contributed by atoms with Crippen LogP contribution in [0.2, 0.25) is 0 Å². The Morgan fingerprint density at radius 1 is 1.47 bits per heavy atom. The monoisotopic (exact) mass is 326 g/mol. The molecule has 1 atom stereocenters. The zero-order valence-electron chi connectivity index (χ0n) is 10.6. The summed E-state index contributed by atoms with van der Waals surface area (Å²) in [6.07, 6.45) is 3.22. The van der Waals surface area contributed by atoms with Crippen molar-refractivity contribution < 1.29 is 4.39 Å². The van der Waals surface area contributed by atoms with Crippen molar-refractivity contribution in [1.82, 2.24) is 15.2 Å². The second-order valence-electron chi connectivity index (χ2n) is 4.35. The third kappa shape index (κ3) is 3.20. The second-order valence-corrected chi connectivity index (χ2v) is 5.20. The Kier molecular flexibility index (Phi) is 4.68. The summed E-state index contributed by atoms with van der Waals surface area (Å²) in [6, 6.07) is 6.94. The number of hydrogen-bond acceptors (Lipinski definition) is 3. The van der Waals surface area contributed by atoms with Crippen molar-refractivity contribution in [2.75, 3.05) is 0 Å². The normalized spacial score (nSPS) is 12.6. The van der Waals surface area contributed by atoms with Gasteiger partial charge in [-0.15, -0.1) is 0 Å². The molecule has 0 aliphatic carbocycles. The zero-order chi connectivity index (χ0) is 13.8. The van der Waals surface area contributed by atoms with Crippen LogP contribution >= 0.6 is 15.9 Å². The molecule has 2 rings (SSSR count). The summed E-state index contributed by atoms with van der Waals surface area (Å²) in [5, 5.41) is 4.11. The van der Waals surface area contributed by atoms with Gasteiger partial charge in [-0.05, 0) is 40.9 Å². The summed E-state index contributed by atoms with van der Waals surface area (Å²) in [5.74, 6) is 5.28. The number of aromatic nitrogens is 2. The lowest BCUT2D eigenvalue weighted by molar-refractivity contribution is 0.477. The van der Waals surface area contributed by atoms with Gasteiger partial charge in [-0.2, -0.15) is 5.10 Å². The molecule has 0 aliphatic rings. The smallest absolute Gasteiger partial charge is 0.142 e. The molecule has 0 spiro atoms.